The van der Waals surface area contributed by atoms with Crippen LogP contribution < -0.4 is 10.2 Å². The van der Waals surface area contributed by atoms with Gasteiger partial charge in [-0.25, -0.2) is 13.8 Å². The molecule has 19 heavy (non-hydrogen) atoms. The number of hydrogen-bond acceptors (Lipinski definition) is 3. The fourth-order valence-corrected chi connectivity index (χ4v) is 1.76. The molecule has 0 unspecified atom stereocenters. The largest absolute Gasteiger partial charge is 0.354 e. The van der Waals surface area contributed by atoms with Crippen LogP contribution in [0.2, 0.25) is 0 Å². The molecule has 0 amide bonds. The van der Waals surface area contributed by atoms with E-state index in [1.807, 2.05) is 19.1 Å². The van der Waals surface area contributed by atoms with E-state index in [-0.39, 0.29) is 12.5 Å². The van der Waals surface area contributed by atoms with E-state index < -0.39 is 6.43 Å². The Morgan fingerprint density at radius 3 is 2.53 bits per heavy atom. The molecule has 0 aliphatic rings. The molecule has 5 heteroatoms. The van der Waals surface area contributed by atoms with E-state index in [1.165, 1.54) is 4.90 Å². The molecule has 0 saturated heterocycles. The van der Waals surface area contributed by atoms with Gasteiger partial charge in [0.2, 0.25) is 0 Å². The van der Waals surface area contributed by atoms with Gasteiger partial charge < -0.3 is 10.2 Å². The number of pyridine rings is 1. The van der Waals surface area contributed by atoms with Gasteiger partial charge in [0.05, 0.1) is 6.54 Å². The summed E-state index contributed by atoms with van der Waals surface area (Å²) in [6.07, 6.45) is -2.35. The van der Waals surface area contributed by atoms with Crippen molar-refractivity contribution in [2.24, 2.45) is 0 Å². The fourth-order valence-electron chi connectivity index (χ4n) is 1.76. The molecule has 1 heterocycles. The Kier molecular flexibility index (Phi) is 6.15. The molecule has 1 rings (SSSR count). The normalized spacial score (nSPS) is 11.4. The van der Waals surface area contributed by atoms with Crippen LogP contribution in [0.3, 0.4) is 0 Å². The highest BCUT2D eigenvalue weighted by Gasteiger charge is 2.13. The third-order valence-corrected chi connectivity index (χ3v) is 2.87. The first-order valence-corrected chi connectivity index (χ1v) is 6.64. The summed E-state index contributed by atoms with van der Waals surface area (Å²) in [4.78, 5) is 5.96. The van der Waals surface area contributed by atoms with Crippen molar-refractivity contribution in [1.82, 2.24) is 10.3 Å². The van der Waals surface area contributed by atoms with Gasteiger partial charge in [-0.3, -0.25) is 0 Å². The van der Waals surface area contributed by atoms with Crippen molar-refractivity contribution in [2.45, 2.75) is 39.7 Å². The maximum atomic E-state index is 12.5. The van der Waals surface area contributed by atoms with Gasteiger partial charge in [-0.05, 0) is 30.2 Å². The number of hydrogen-bond donors (Lipinski definition) is 1. The van der Waals surface area contributed by atoms with Gasteiger partial charge in [-0.1, -0.05) is 20.8 Å². The zero-order valence-corrected chi connectivity index (χ0v) is 12.1. The molecular weight excluding hydrogens is 248 g/mol. The molecule has 0 aliphatic heterocycles. The SMILES string of the molecule is CCNCc1cc(C(C)C)nc(N(C)CC(F)F)c1. The Balaban J connectivity index is 2.98. The summed E-state index contributed by atoms with van der Waals surface area (Å²) in [6.45, 7) is 7.45. The van der Waals surface area contributed by atoms with Crippen LogP contribution in [0, 0.1) is 0 Å². The number of halogens is 2. The van der Waals surface area contributed by atoms with Gasteiger partial charge in [0, 0.05) is 19.3 Å². The summed E-state index contributed by atoms with van der Waals surface area (Å²) in [5, 5.41) is 3.24. The highest BCUT2D eigenvalue weighted by molar-refractivity contribution is 5.42. The third kappa shape index (κ3) is 5.11. The first kappa shape index (κ1) is 15.8. The van der Waals surface area contributed by atoms with Crippen molar-refractivity contribution in [1.29, 1.82) is 0 Å². The second-order valence-corrected chi connectivity index (χ2v) is 4.97. The topological polar surface area (TPSA) is 28.2 Å². The summed E-state index contributed by atoms with van der Waals surface area (Å²) >= 11 is 0. The highest BCUT2D eigenvalue weighted by Crippen LogP contribution is 2.20. The predicted molar refractivity (Wildman–Crippen MR) is 75.0 cm³/mol. The van der Waals surface area contributed by atoms with Gasteiger partial charge in [0.1, 0.15) is 5.82 Å². The molecule has 0 aliphatic carbocycles. The second kappa shape index (κ2) is 7.38. The average Bonchev–Trinajstić information content (AvgIpc) is 2.35. The molecule has 1 aromatic rings. The summed E-state index contributed by atoms with van der Waals surface area (Å²) in [6, 6.07) is 3.91. The van der Waals surface area contributed by atoms with Crippen LogP contribution in [0.25, 0.3) is 0 Å². The second-order valence-electron chi connectivity index (χ2n) is 4.97. The Morgan fingerprint density at radius 1 is 1.32 bits per heavy atom. The van der Waals surface area contributed by atoms with E-state index in [2.05, 4.69) is 24.1 Å². The van der Waals surface area contributed by atoms with E-state index in [0.717, 1.165) is 24.3 Å². The molecule has 0 atom stereocenters. The van der Waals surface area contributed by atoms with Crippen molar-refractivity contribution in [3.8, 4) is 0 Å². The van der Waals surface area contributed by atoms with Crippen LogP contribution in [0.1, 0.15) is 37.9 Å². The van der Waals surface area contributed by atoms with E-state index in [0.29, 0.717) is 5.82 Å². The molecule has 0 fully saturated rings. The molecule has 0 saturated carbocycles. The van der Waals surface area contributed by atoms with Crippen LogP contribution in [-0.2, 0) is 6.54 Å². The Morgan fingerprint density at radius 2 is 2.00 bits per heavy atom. The van der Waals surface area contributed by atoms with Crippen LogP contribution in [0.4, 0.5) is 14.6 Å². The molecule has 108 valence electrons. The summed E-state index contributed by atoms with van der Waals surface area (Å²) in [7, 11) is 1.65. The minimum Gasteiger partial charge on any atom is -0.354 e. The molecule has 1 aromatic heterocycles. The van der Waals surface area contributed by atoms with Gasteiger partial charge in [0.25, 0.3) is 6.43 Å². The number of alkyl halides is 2. The number of aromatic nitrogens is 1. The van der Waals surface area contributed by atoms with Crippen molar-refractivity contribution >= 4 is 5.82 Å². The summed E-state index contributed by atoms with van der Waals surface area (Å²) in [5.74, 6) is 0.889. The molecule has 1 N–H and O–H groups in total. The van der Waals surface area contributed by atoms with Crippen molar-refractivity contribution < 1.29 is 8.78 Å². The predicted octanol–water partition coefficient (Wildman–Crippen LogP) is 3.02. The minimum absolute atomic E-state index is 0.278. The van der Waals surface area contributed by atoms with Crippen LogP contribution in [-0.4, -0.2) is 31.5 Å². The van der Waals surface area contributed by atoms with Crippen LogP contribution in [0.15, 0.2) is 12.1 Å². The number of nitrogens with zero attached hydrogens (tertiary/aromatic N) is 2. The molecule has 3 nitrogen and oxygen atoms in total. The number of anilines is 1. The lowest BCUT2D eigenvalue weighted by molar-refractivity contribution is 0.156. The Hall–Kier alpha value is -1.23. The number of rotatable bonds is 7. The zero-order chi connectivity index (χ0) is 14.4. The summed E-state index contributed by atoms with van der Waals surface area (Å²) in [5.41, 5.74) is 2.02. The monoisotopic (exact) mass is 271 g/mol. The lowest BCUT2D eigenvalue weighted by Crippen LogP contribution is -2.25. The molecular formula is C14H23F2N3. The highest BCUT2D eigenvalue weighted by atomic mass is 19.3. The molecule has 0 radical (unpaired) electrons. The van der Waals surface area contributed by atoms with Crippen molar-refractivity contribution in [2.75, 3.05) is 25.0 Å². The lowest BCUT2D eigenvalue weighted by Gasteiger charge is -2.20. The van der Waals surface area contributed by atoms with Gasteiger partial charge >= 0.3 is 0 Å². The van der Waals surface area contributed by atoms with Crippen LogP contribution >= 0.6 is 0 Å². The standard InChI is InChI=1S/C14H23F2N3/c1-5-17-8-11-6-12(10(2)3)18-14(7-11)19(4)9-13(15)16/h6-7,10,13,17H,5,8-9H2,1-4H3. The van der Waals surface area contributed by atoms with Crippen LogP contribution in [0.5, 0.6) is 0 Å². The Labute approximate surface area is 114 Å². The summed E-state index contributed by atoms with van der Waals surface area (Å²) < 4.78 is 24.9. The smallest absolute Gasteiger partial charge is 0.255 e. The van der Waals surface area contributed by atoms with E-state index >= 15 is 0 Å². The molecule has 0 bridgehead atoms. The number of nitrogens with one attached hydrogen (secondary N) is 1. The van der Waals surface area contributed by atoms with Crippen molar-refractivity contribution in [3.63, 3.8) is 0 Å². The van der Waals surface area contributed by atoms with Gasteiger partial charge in [-0.2, -0.15) is 0 Å². The Bertz CT molecular complexity index is 394. The average molecular weight is 271 g/mol. The van der Waals surface area contributed by atoms with Gasteiger partial charge in [-0.15, -0.1) is 0 Å². The van der Waals surface area contributed by atoms with E-state index in [1.54, 1.807) is 7.05 Å². The third-order valence-electron chi connectivity index (χ3n) is 2.87. The van der Waals surface area contributed by atoms with Gasteiger partial charge in [0.15, 0.2) is 0 Å². The fraction of sp³-hybridized carbons (Fsp3) is 0.643. The minimum atomic E-state index is -2.35. The maximum Gasteiger partial charge on any atom is 0.255 e. The first-order valence-electron chi connectivity index (χ1n) is 6.64. The van der Waals surface area contributed by atoms with Crippen molar-refractivity contribution in [3.05, 3.63) is 23.4 Å². The van der Waals surface area contributed by atoms with E-state index in [4.69, 9.17) is 0 Å². The van der Waals surface area contributed by atoms with E-state index in [9.17, 15) is 8.78 Å². The quantitative estimate of drug-likeness (QED) is 0.826. The molecule has 0 aromatic carbocycles. The molecule has 0 spiro atoms. The maximum absolute atomic E-state index is 12.5. The first-order chi connectivity index (χ1) is 8.93. The lowest BCUT2D eigenvalue weighted by atomic mass is 10.1. The zero-order valence-electron chi connectivity index (χ0n) is 12.1.